The van der Waals surface area contributed by atoms with E-state index in [2.05, 4.69) is 4.62 Å². The van der Waals surface area contributed by atoms with Crippen molar-refractivity contribution in [3.05, 3.63) is 37.3 Å². The number of nitro benzene ring substituents is 2. The van der Waals surface area contributed by atoms with E-state index in [1.807, 2.05) is 0 Å². The van der Waals surface area contributed by atoms with Gasteiger partial charge in [-0.2, -0.15) is 0 Å². The molecule has 0 radical (unpaired) electrons. The zero-order valence-corrected chi connectivity index (χ0v) is 9.13. The molecule has 1 rings (SSSR count). The van der Waals surface area contributed by atoms with Crippen LogP contribution in [-0.2, 0) is 4.62 Å². The highest BCUT2D eigenvalue weighted by atomic mass is 31.0. The second-order valence-electron chi connectivity index (χ2n) is 2.71. The van der Waals surface area contributed by atoms with Crippen LogP contribution in [0.2, 0.25) is 0 Å². The minimum atomic E-state index is -1.05. The van der Waals surface area contributed by atoms with Gasteiger partial charge in [0.1, 0.15) is 15.5 Å². The van der Waals surface area contributed by atoms with Crippen molar-refractivity contribution >= 4 is 26.5 Å². The minimum absolute atomic E-state index is 0.306. The number of benzene rings is 1. The van der Waals surface area contributed by atoms with Gasteiger partial charge in [0.25, 0.3) is 16.4 Å². The van der Waals surface area contributed by atoms with Crippen molar-refractivity contribution in [2.75, 3.05) is 0 Å². The summed E-state index contributed by atoms with van der Waals surface area (Å²) in [6.07, 6.45) is 0. The van der Waals surface area contributed by atoms with Crippen LogP contribution in [0.25, 0.3) is 0 Å². The molecule has 0 saturated carbocycles. The van der Waals surface area contributed by atoms with Gasteiger partial charge in [-0.1, -0.05) is 0 Å². The van der Waals surface area contributed by atoms with Crippen LogP contribution in [0.1, 0.15) is 0 Å². The van der Waals surface area contributed by atoms with E-state index in [4.69, 9.17) is 0 Å². The van der Waals surface area contributed by atoms with E-state index in [1.165, 1.54) is 9.47 Å². The van der Waals surface area contributed by atoms with Crippen LogP contribution in [0.15, 0.2) is 12.1 Å². The number of phenols is 1. The monoisotopic (exact) mass is 262 g/mol. The molecule has 0 heterocycles. The standard InChI is InChI=1S/C6H4N3O7P/c10-6-4(8(13)14)1-3(7(11)12)2-5(6)9(15)16-17/h1-2H,17H2/p+1. The summed E-state index contributed by atoms with van der Waals surface area (Å²) in [7, 11) is 1.53. The van der Waals surface area contributed by atoms with Crippen molar-refractivity contribution in [1.29, 1.82) is 0 Å². The lowest BCUT2D eigenvalue weighted by Gasteiger charge is -1.96. The quantitative estimate of drug-likeness (QED) is 0.491. The Morgan fingerprint density at radius 1 is 1.12 bits per heavy atom. The Bertz CT molecular complexity index is 517. The highest BCUT2D eigenvalue weighted by Gasteiger charge is 2.33. The molecule has 0 saturated heterocycles. The average molecular weight is 262 g/mol. The molecule has 10 nitrogen and oxygen atoms in total. The maximum absolute atomic E-state index is 11.1. The molecule has 90 valence electrons. The predicted molar refractivity (Wildman–Crippen MR) is 55.5 cm³/mol. The third-order valence-corrected chi connectivity index (χ3v) is 1.95. The summed E-state index contributed by atoms with van der Waals surface area (Å²) in [4.78, 5) is 29.8. The number of aromatic hydroxyl groups is 1. The molecule has 0 aromatic heterocycles. The van der Waals surface area contributed by atoms with Crippen LogP contribution in [-0.4, -0.2) is 19.9 Å². The summed E-state index contributed by atoms with van der Waals surface area (Å²) in [6.45, 7) is 0. The van der Waals surface area contributed by atoms with E-state index >= 15 is 0 Å². The lowest BCUT2D eigenvalue weighted by atomic mass is 10.2. The van der Waals surface area contributed by atoms with Gasteiger partial charge in [-0.3, -0.25) is 20.2 Å². The Morgan fingerprint density at radius 2 is 1.65 bits per heavy atom. The molecule has 0 spiro atoms. The van der Waals surface area contributed by atoms with Crippen molar-refractivity contribution in [1.82, 2.24) is 0 Å². The zero-order valence-electron chi connectivity index (χ0n) is 7.97. The molecule has 17 heavy (non-hydrogen) atoms. The van der Waals surface area contributed by atoms with Crippen molar-refractivity contribution in [2.45, 2.75) is 0 Å². The molecule has 11 heteroatoms. The molecule has 0 fully saturated rings. The highest BCUT2D eigenvalue weighted by molar-refractivity contribution is 7.09. The summed E-state index contributed by atoms with van der Waals surface area (Å²) in [5.74, 6) is -1.02. The van der Waals surface area contributed by atoms with Gasteiger partial charge >= 0.3 is 11.4 Å². The number of hydrogen-bond donors (Lipinski definition) is 1. The van der Waals surface area contributed by atoms with E-state index in [-0.39, 0.29) is 4.92 Å². The van der Waals surface area contributed by atoms with Gasteiger partial charge in [0.2, 0.25) is 0 Å². The van der Waals surface area contributed by atoms with Gasteiger partial charge in [0.15, 0.2) is 0 Å². The van der Waals surface area contributed by atoms with Crippen LogP contribution in [0.5, 0.6) is 5.75 Å². The molecule has 1 unspecified atom stereocenters. The molecule has 1 N–H and O–H groups in total. The lowest BCUT2D eigenvalue weighted by Crippen LogP contribution is -1.99. The predicted octanol–water partition coefficient (Wildman–Crippen LogP) is 1.34. The topological polar surface area (TPSA) is 136 Å². The SMILES string of the molecule is O=[N+]([O-])c1cc([N+](=O)[O-])c(O)c([N+](=O)OP)c1. The first-order chi connectivity index (χ1) is 7.88. The molecular formula is C6H5N3O7P+. The molecule has 1 aromatic rings. The third kappa shape index (κ3) is 2.42. The Kier molecular flexibility index (Phi) is 3.49. The number of hydrogen-bond acceptors (Lipinski definition) is 7. The van der Waals surface area contributed by atoms with Crippen LogP contribution < -0.4 is 0 Å². The van der Waals surface area contributed by atoms with Gasteiger partial charge in [-0.15, -0.1) is 0 Å². The Morgan fingerprint density at radius 3 is 2.06 bits per heavy atom. The second kappa shape index (κ2) is 4.66. The van der Waals surface area contributed by atoms with Gasteiger partial charge in [-0.25, -0.2) is 4.62 Å². The molecule has 0 bridgehead atoms. The van der Waals surface area contributed by atoms with Gasteiger partial charge in [-0.05, 0) is 0 Å². The maximum atomic E-state index is 11.1. The van der Waals surface area contributed by atoms with E-state index in [0.717, 1.165) is 0 Å². The van der Waals surface area contributed by atoms with Crippen LogP contribution in [0, 0.1) is 25.1 Å². The van der Waals surface area contributed by atoms with Crippen LogP contribution in [0.3, 0.4) is 0 Å². The zero-order chi connectivity index (χ0) is 13.2. The highest BCUT2D eigenvalue weighted by Crippen LogP contribution is 2.39. The van der Waals surface area contributed by atoms with E-state index in [9.17, 15) is 30.2 Å². The first-order valence-corrected chi connectivity index (χ1v) is 4.35. The summed E-state index contributed by atoms with van der Waals surface area (Å²) in [5.41, 5.74) is -2.41. The number of phenolic OH excluding ortho intramolecular Hbond substituents is 1. The molecule has 1 aromatic carbocycles. The molecule has 0 aliphatic heterocycles. The van der Waals surface area contributed by atoms with Gasteiger partial charge in [0, 0.05) is 0 Å². The fraction of sp³-hybridized carbons (Fsp3) is 0. The van der Waals surface area contributed by atoms with Crippen LogP contribution >= 0.6 is 9.47 Å². The first-order valence-electron chi connectivity index (χ1n) is 3.88. The Hall–Kier alpha value is -2.35. The maximum Gasteiger partial charge on any atom is 0.372 e. The Balaban J connectivity index is 3.54. The minimum Gasteiger partial charge on any atom is -0.497 e. The van der Waals surface area contributed by atoms with Crippen molar-refractivity contribution in [3.8, 4) is 5.75 Å². The molecule has 1 atom stereocenters. The van der Waals surface area contributed by atoms with E-state index < -0.39 is 32.7 Å². The molecule has 0 aliphatic rings. The number of rotatable bonds is 4. The van der Waals surface area contributed by atoms with Crippen molar-refractivity contribution < 1.29 is 24.5 Å². The number of non-ortho nitro benzene ring substituents is 1. The first kappa shape index (κ1) is 12.7. The van der Waals surface area contributed by atoms with Gasteiger partial charge in [0.05, 0.1) is 20.8 Å². The largest absolute Gasteiger partial charge is 0.497 e. The van der Waals surface area contributed by atoms with E-state index in [0.29, 0.717) is 12.1 Å². The van der Waals surface area contributed by atoms with Crippen molar-refractivity contribution in [2.24, 2.45) is 0 Å². The Labute approximate surface area is 94.9 Å². The number of nitro groups is 2. The van der Waals surface area contributed by atoms with Crippen LogP contribution in [0.4, 0.5) is 17.1 Å². The van der Waals surface area contributed by atoms with Gasteiger partial charge < -0.3 is 5.11 Å². The summed E-state index contributed by atoms with van der Waals surface area (Å²) < 4.78 is 4.08. The second-order valence-corrected chi connectivity index (χ2v) is 2.92. The fourth-order valence-electron chi connectivity index (χ4n) is 1.03. The molecular weight excluding hydrogens is 257 g/mol. The summed E-state index contributed by atoms with van der Waals surface area (Å²) in [5, 5.41) is 30.4. The fourth-order valence-corrected chi connectivity index (χ4v) is 1.14. The smallest absolute Gasteiger partial charge is 0.372 e. The summed E-state index contributed by atoms with van der Waals surface area (Å²) >= 11 is 0. The average Bonchev–Trinajstić information content (AvgIpc) is 2.27. The van der Waals surface area contributed by atoms with Crippen molar-refractivity contribution in [3.63, 3.8) is 0 Å². The summed E-state index contributed by atoms with van der Waals surface area (Å²) in [6, 6.07) is 1.19. The lowest BCUT2D eigenvalue weighted by molar-refractivity contribution is -0.695. The van der Waals surface area contributed by atoms with E-state index in [1.54, 1.807) is 0 Å². The molecule has 0 aliphatic carbocycles. The normalized spacial score (nSPS) is 9.71. The molecule has 0 amide bonds. The third-order valence-electron chi connectivity index (χ3n) is 1.75. The number of nitrogens with zero attached hydrogens (tertiary/aromatic N) is 3.